The molecule has 0 heterocycles. The summed E-state index contributed by atoms with van der Waals surface area (Å²) < 4.78 is 0. The molecule has 2 rings (SSSR count). The zero-order valence-corrected chi connectivity index (χ0v) is 12.6. The first-order valence-corrected chi connectivity index (χ1v) is 8.10. The molecule has 0 bridgehead atoms. The van der Waals surface area contributed by atoms with Gasteiger partial charge in [-0.25, -0.2) is 0 Å². The summed E-state index contributed by atoms with van der Waals surface area (Å²) in [6.07, 6.45) is 10.9. The lowest BCUT2D eigenvalue weighted by atomic mass is 9.83. The van der Waals surface area contributed by atoms with Gasteiger partial charge in [-0.05, 0) is 45.4 Å². The molecule has 0 aromatic rings. The molecule has 1 amide bonds. The molecule has 3 heteroatoms. The van der Waals surface area contributed by atoms with Gasteiger partial charge in [-0.3, -0.25) is 4.79 Å². The summed E-state index contributed by atoms with van der Waals surface area (Å²) in [6, 6.07) is 0.337. The Kier molecular flexibility index (Phi) is 4.88. The maximum Gasteiger partial charge on any atom is 0.227 e. The number of nitrogens with two attached hydrogens (primary N) is 1. The van der Waals surface area contributed by atoms with E-state index in [0.717, 1.165) is 19.3 Å². The van der Waals surface area contributed by atoms with Crippen molar-refractivity contribution < 1.29 is 4.79 Å². The highest BCUT2D eigenvalue weighted by Gasteiger charge is 2.43. The van der Waals surface area contributed by atoms with E-state index in [1.165, 1.54) is 38.5 Å². The fourth-order valence-corrected chi connectivity index (χ4v) is 3.78. The van der Waals surface area contributed by atoms with Crippen LogP contribution in [0, 0.1) is 11.3 Å². The molecule has 3 nitrogen and oxygen atoms in total. The Hall–Kier alpha value is -0.570. The first-order chi connectivity index (χ1) is 9.04. The van der Waals surface area contributed by atoms with E-state index in [0.29, 0.717) is 12.0 Å². The molecule has 0 aliphatic heterocycles. The van der Waals surface area contributed by atoms with Crippen LogP contribution in [0.3, 0.4) is 0 Å². The first kappa shape index (κ1) is 14.8. The van der Waals surface area contributed by atoms with E-state index in [4.69, 9.17) is 5.73 Å². The maximum atomic E-state index is 12.5. The van der Waals surface area contributed by atoms with Crippen LogP contribution in [0.1, 0.15) is 71.6 Å². The summed E-state index contributed by atoms with van der Waals surface area (Å²) in [4.78, 5) is 12.5. The van der Waals surface area contributed by atoms with Gasteiger partial charge in [0.15, 0.2) is 0 Å². The zero-order valence-electron chi connectivity index (χ0n) is 12.6. The SMILES string of the molecule is C[C@H](NC(=O)C1(C)CCCC1N)C1CCCCCC1. The Bertz CT molecular complexity index is 310. The van der Waals surface area contributed by atoms with Gasteiger partial charge in [-0.15, -0.1) is 0 Å². The Labute approximate surface area is 117 Å². The van der Waals surface area contributed by atoms with Crippen molar-refractivity contribution in [3.05, 3.63) is 0 Å². The number of amides is 1. The Balaban J connectivity index is 1.90. The van der Waals surface area contributed by atoms with Crippen LogP contribution in [-0.4, -0.2) is 18.0 Å². The van der Waals surface area contributed by atoms with Gasteiger partial charge in [0.05, 0.1) is 5.41 Å². The number of hydrogen-bond acceptors (Lipinski definition) is 2. The fourth-order valence-electron chi connectivity index (χ4n) is 3.78. The third kappa shape index (κ3) is 3.31. The smallest absolute Gasteiger partial charge is 0.227 e. The summed E-state index contributed by atoms with van der Waals surface area (Å²) in [5.41, 5.74) is 5.80. The zero-order chi connectivity index (χ0) is 13.9. The lowest BCUT2D eigenvalue weighted by Gasteiger charge is -2.32. The molecule has 2 saturated carbocycles. The second-order valence-corrected chi connectivity index (χ2v) is 6.93. The Morgan fingerprint density at radius 1 is 1.16 bits per heavy atom. The maximum absolute atomic E-state index is 12.5. The van der Waals surface area contributed by atoms with Gasteiger partial charge in [0.25, 0.3) is 0 Å². The topological polar surface area (TPSA) is 55.1 Å². The summed E-state index contributed by atoms with van der Waals surface area (Å²) in [5, 5.41) is 3.27. The van der Waals surface area contributed by atoms with Crippen molar-refractivity contribution in [1.82, 2.24) is 5.32 Å². The monoisotopic (exact) mass is 266 g/mol. The van der Waals surface area contributed by atoms with E-state index in [1.54, 1.807) is 0 Å². The number of carbonyl (C=O) groups is 1. The minimum Gasteiger partial charge on any atom is -0.353 e. The highest BCUT2D eigenvalue weighted by molar-refractivity contribution is 5.83. The van der Waals surface area contributed by atoms with Crippen LogP contribution in [-0.2, 0) is 4.79 Å². The van der Waals surface area contributed by atoms with Gasteiger partial charge in [-0.2, -0.15) is 0 Å². The summed E-state index contributed by atoms with van der Waals surface area (Å²) in [7, 11) is 0. The van der Waals surface area contributed by atoms with E-state index < -0.39 is 0 Å². The van der Waals surface area contributed by atoms with E-state index in [1.807, 2.05) is 6.92 Å². The highest BCUT2D eigenvalue weighted by Crippen LogP contribution is 2.37. The highest BCUT2D eigenvalue weighted by atomic mass is 16.2. The molecule has 3 N–H and O–H groups in total. The minimum absolute atomic E-state index is 0.0360. The summed E-state index contributed by atoms with van der Waals surface area (Å²) in [6.45, 7) is 4.22. The van der Waals surface area contributed by atoms with Crippen molar-refractivity contribution in [2.75, 3.05) is 0 Å². The predicted octanol–water partition coefficient (Wildman–Crippen LogP) is 2.98. The standard InChI is InChI=1S/C16H30N2O/c1-12(13-8-5-3-4-6-9-13)18-15(19)16(2)11-7-10-14(16)17/h12-14H,3-11,17H2,1-2H3,(H,18,19)/t12-,14?,16?/m0/s1. The molecular weight excluding hydrogens is 236 g/mol. The minimum atomic E-state index is -0.334. The van der Waals surface area contributed by atoms with Crippen molar-refractivity contribution >= 4 is 5.91 Å². The molecule has 0 aromatic heterocycles. The molecule has 0 aromatic carbocycles. The number of hydrogen-bond donors (Lipinski definition) is 2. The van der Waals surface area contributed by atoms with E-state index in [2.05, 4.69) is 12.2 Å². The van der Waals surface area contributed by atoms with Crippen molar-refractivity contribution in [3.8, 4) is 0 Å². The van der Waals surface area contributed by atoms with Crippen molar-refractivity contribution in [1.29, 1.82) is 0 Å². The number of rotatable bonds is 3. The van der Waals surface area contributed by atoms with Gasteiger partial charge in [0.1, 0.15) is 0 Å². The molecule has 2 unspecified atom stereocenters. The van der Waals surface area contributed by atoms with E-state index >= 15 is 0 Å². The van der Waals surface area contributed by atoms with E-state index in [9.17, 15) is 4.79 Å². The van der Waals surface area contributed by atoms with Crippen LogP contribution in [0.4, 0.5) is 0 Å². The number of carbonyl (C=O) groups excluding carboxylic acids is 1. The van der Waals surface area contributed by atoms with Crippen LogP contribution >= 0.6 is 0 Å². The molecule has 2 aliphatic carbocycles. The number of nitrogens with one attached hydrogen (secondary N) is 1. The van der Waals surface area contributed by atoms with Crippen molar-refractivity contribution in [2.45, 2.75) is 83.7 Å². The fraction of sp³-hybridized carbons (Fsp3) is 0.938. The molecule has 110 valence electrons. The second kappa shape index (κ2) is 6.25. The van der Waals surface area contributed by atoms with Crippen LogP contribution < -0.4 is 11.1 Å². The molecule has 19 heavy (non-hydrogen) atoms. The molecule has 0 saturated heterocycles. The third-order valence-electron chi connectivity index (χ3n) is 5.51. The summed E-state index contributed by atoms with van der Waals surface area (Å²) in [5.74, 6) is 0.849. The van der Waals surface area contributed by atoms with Gasteiger partial charge in [0, 0.05) is 12.1 Å². The average molecular weight is 266 g/mol. The van der Waals surface area contributed by atoms with Crippen LogP contribution in [0.25, 0.3) is 0 Å². The van der Waals surface area contributed by atoms with Gasteiger partial charge < -0.3 is 11.1 Å². The quantitative estimate of drug-likeness (QED) is 0.772. The molecule has 0 radical (unpaired) electrons. The average Bonchev–Trinajstić information content (AvgIpc) is 2.60. The molecule has 0 spiro atoms. The van der Waals surface area contributed by atoms with E-state index in [-0.39, 0.29) is 17.4 Å². The lowest BCUT2D eigenvalue weighted by Crippen LogP contribution is -2.51. The van der Waals surface area contributed by atoms with Crippen LogP contribution in [0.2, 0.25) is 0 Å². The van der Waals surface area contributed by atoms with Gasteiger partial charge >= 0.3 is 0 Å². The van der Waals surface area contributed by atoms with Gasteiger partial charge in [0.2, 0.25) is 5.91 Å². The van der Waals surface area contributed by atoms with Crippen LogP contribution in [0.15, 0.2) is 0 Å². The largest absolute Gasteiger partial charge is 0.353 e. The predicted molar refractivity (Wildman–Crippen MR) is 78.7 cm³/mol. The lowest BCUT2D eigenvalue weighted by molar-refractivity contribution is -0.131. The third-order valence-corrected chi connectivity index (χ3v) is 5.51. The van der Waals surface area contributed by atoms with Gasteiger partial charge in [-0.1, -0.05) is 32.1 Å². The normalized spacial score (nSPS) is 34.8. The summed E-state index contributed by atoms with van der Waals surface area (Å²) >= 11 is 0. The molecule has 2 fully saturated rings. The molecule has 3 atom stereocenters. The first-order valence-electron chi connectivity index (χ1n) is 8.10. The van der Waals surface area contributed by atoms with Crippen molar-refractivity contribution in [2.24, 2.45) is 17.1 Å². The second-order valence-electron chi connectivity index (χ2n) is 6.93. The Morgan fingerprint density at radius 2 is 1.79 bits per heavy atom. The Morgan fingerprint density at radius 3 is 2.32 bits per heavy atom. The van der Waals surface area contributed by atoms with Crippen LogP contribution in [0.5, 0.6) is 0 Å². The molecule has 2 aliphatic rings. The van der Waals surface area contributed by atoms with Crippen molar-refractivity contribution in [3.63, 3.8) is 0 Å². The molecular formula is C16H30N2O.